The van der Waals surface area contributed by atoms with Crippen LogP contribution in [0.4, 0.5) is 4.79 Å². The Bertz CT molecular complexity index is 957. The second kappa shape index (κ2) is 15.5. The van der Waals surface area contributed by atoms with Crippen LogP contribution in [0.5, 0.6) is 0 Å². The summed E-state index contributed by atoms with van der Waals surface area (Å²) in [6.45, 7) is 18.8. The van der Waals surface area contributed by atoms with Crippen LogP contribution < -0.4 is 5.32 Å². The van der Waals surface area contributed by atoms with Gasteiger partial charge in [0.25, 0.3) is 0 Å². The molecule has 0 saturated carbocycles. The quantitative estimate of drug-likeness (QED) is 0.244. The Labute approximate surface area is 236 Å². The van der Waals surface area contributed by atoms with Gasteiger partial charge in [0.2, 0.25) is 0 Å². The van der Waals surface area contributed by atoms with Crippen LogP contribution in [0.1, 0.15) is 52.7 Å². The molecule has 2 aromatic rings. The Hall–Kier alpha value is -2.23. The lowest BCUT2D eigenvalue weighted by atomic mass is 10.2. The number of ether oxygens (including phenoxy) is 4. The molecule has 1 N–H and O–H groups in total. The molecule has 8 heteroatoms. The van der Waals surface area contributed by atoms with Crippen LogP contribution in [0.3, 0.4) is 0 Å². The number of benzene rings is 2. The first kappa shape index (κ1) is 33.0. The summed E-state index contributed by atoms with van der Waals surface area (Å²) in [5.74, 6) is 0. The van der Waals surface area contributed by atoms with E-state index in [-0.39, 0.29) is 30.4 Å². The average molecular weight is 560 g/mol. The third kappa shape index (κ3) is 13.6. The third-order valence-electron chi connectivity index (χ3n) is 6.46. The molecule has 218 valence electrons. The first-order valence-electron chi connectivity index (χ1n) is 13.7. The molecule has 0 aliphatic heterocycles. The van der Waals surface area contributed by atoms with Gasteiger partial charge in [0.1, 0.15) is 5.60 Å². The van der Waals surface area contributed by atoms with Gasteiger partial charge in [0.15, 0.2) is 8.32 Å². The number of amides is 1. The molecule has 0 radical (unpaired) electrons. The molecule has 0 fully saturated rings. The maximum atomic E-state index is 12.5. The minimum absolute atomic E-state index is 0.0523. The molecule has 0 aliphatic rings. The molecule has 2 atom stereocenters. The lowest BCUT2D eigenvalue weighted by Gasteiger charge is -2.39. The summed E-state index contributed by atoms with van der Waals surface area (Å²) in [4.78, 5) is 12.5. The van der Waals surface area contributed by atoms with Gasteiger partial charge < -0.3 is 28.7 Å². The fraction of sp³-hybridized carbons (Fsp3) is 0.581. The van der Waals surface area contributed by atoms with Crippen molar-refractivity contribution in [1.29, 1.82) is 0 Å². The molecule has 0 spiro atoms. The minimum Gasteiger partial charge on any atom is -0.444 e. The van der Waals surface area contributed by atoms with Gasteiger partial charge in [-0.2, -0.15) is 0 Å². The van der Waals surface area contributed by atoms with Crippen molar-refractivity contribution in [2.24, 2.45) is 0 Å². The van der Waals surface area contributed by atoms with E-state index in [2.05, 4.69) is 39.2 Å². The first-order chi connectivity index (χ1) is 18.2. The van der Waals surface area contributed by atoms with Crippen LogP contribution in [-0.4, -0.2) is 58.6 Å². The first-order valence-corrected chi connectivity index (χ1v) is 16.6. The largest absolute Gasteiger partial charge is 0.444 e. The monoisotopic (exact) mass is 559 g/mol. The fourth-order valence-electron chi connectivity index (χ4n) is 3.43. The van der Waals surface area contributed by atoms with Crippen molar-refractivity contribution in [3.63, 3.8) is 0 Å². The predicted octanol–water partition coefficient (Wildman–Crippen LogP) is 6.72. The normalized spacial score (nSPS) is 14.1. The zero-order valence-electron chi connectivity index (χ0n) is 25.1. The summed E-state index contributed by atoms with van der Waals surface area (Å²) in [7, 11) is -2.06. The van der Waals surface area contributed by atoms with E-state index in [0.717, 1.165) is 11.1 Å². The summed E-state index contributed by atoms with van der Waals surface area (Å²) in [6, 6.07) is 19.6. The number of carbonyl (C=O) groups excluding carboxylic acids is 1. The third-order valence-corrected chi connectivity index (χ3v) is 11.0. The summed E-state index contributed by atoms with van der Waals surface area (Å²) in [5.41, 5.74) is 1.58. The topological polar surface area (TPSA) is 75.3 Å². The molecule has 2 aromatic carbocycles. The van der Waals surface area contributed by atoms with Crippen LogP contribution in [0.25, 0.3) is 0 Å². The average Bonchev–Trinajstić information content (AvgIpc) is 2.83. The molecule has 39 heavy (non-hydrogen) atoms. The van der Waals surface area contributed by atoms with Crippen LogP contribution >= 0.6 is 0 Å². The van der Waals surface area contributed by atoms with E-state index in [1.54, 1.807) is 0 Å². The van der Waals surface area contributed by atoms with Gasteiger partial charge in [-0.1, -0.05) is 81.4 Å². The lowest BCUT2D eigenvalue weighted by molar-refractivity contribution is -0.0287. The summed E-state index contributed by atoms with van der Waals surface area (Å²) >= 11 is 0. The Morgan fingerprint density at radius 2 is 1.21 bits per heavy atom. The highest BCUT2D eigenvalue weighted by molar-refractivity contribution is 6.74. The van der Waals surface area contributed by atoms with E-state index in [1.807, 2.05) is 81.4 Å². The molecule has 2 rings (SSSR count). The highest BCUT2D eigenvalue weighted by atomic mass is 28.4. The molecule has 0 heterocycles. The SMILES string of the molecule is CC(C)(C)OC(=O)N[C@@H](COCc1ccccc1)COC[C@@H](COCc1ccccc1)O[Si](C)(C)C(C)(C)C. The predicted molar refractivity (Wildman–Crippen MR) is 158 cm³/mol. The number of alkyl carbamates (subject to hydrolysis) is 1. The molecule has 0 unspecified atom stereocenters. The molecule has 1 amide bonds. The van der Waals surface area contributed by atoms with Gasteiger partial charge >= 0.3 is 6.09 Å². The fourth-order valence-corrected chi connectivity index (χ4v) is 4.76. The number of rotatable bonds is 15. The summed E-state index contributed by atoms with van der Waals surface area (Å²) < 4.78 is 30.2. The second-order valence-electron chi connectivity index (χ2n) is 12.4. The number of carbonyl (C=O) groups is 1. The van der Waals surface area contributed by atoms with Crippen molar-refractivity contribution < 1.29 is 28.2 Å². The number of hydrogen-bond acceptors (Lipinski definition) is 6. The summed E-state index contributed by atoms with van der Waals surface area (Å²) in [5, 5.41) is 2.95. The van der Waals surface area contributed by atoms with E-state index in [9.17, 15) is 4.79 Å². The van der Waals surface area contributed by atoms with Crippen LogP contribution in [-0.2, 0) is 36.6 Å². The van der Waals surface area contributed by atoms with Gasteiger partial charge in [0, 0.05) is 0 Å². The van der Waals surface area contributed by atoms with E-state index >= 15 is 0 Å². The van der Waals surface area contributed by atoms with Gasteiger partial charge in [-0.3, -0.25) is 0 Å². The van der Waals surface area contributed by atoms with E-state index in [1.165, 1.54) is 0 Å². The van der Waals surface area contributed by atoms with Crippen molar-refractivity contribution in [2.45, 2.75) is 90.6 Å². The molecular formula is C31H49NO6Si. The standard InChI is InChI=1S/C31H49NO6Si/c1-30(2,3)37-29(33)32-27(21-34-19-25-15-11-9-12-16-25)22-36-24-28(38-39(7,8)31(4,5)6)23-35-20-26-17-13-10-14-18-26/h9-18,27-28H,19-24H2,1-8H3,(H,32,33)/t27-,28+/m0/s1. The minimum atomic E-state index is -2.06. The molecule has 0 aromatic heterocycles. The maximum Gasteiger partial charge on any atom is 0.408 e. The van der Waals surface area contributed by atoms with E-state index in [0.29, 0.717) is 26.4 Å². The van der Waals surface area contributed by atoms with Gasteiger partial charge in [-0.25, -0.2) is 4.79 Å². The van der Waals surface area contributed by atoms with Crippen molar-refractivity contribution in [3.8, 4) is 0 Å². The Morgan fingerprint density at radius 3 is 1.69 bits per heavy atom. The highest BCUT2D eigenvalue weighted by Crippen LogP contribution is 2.37. The molecule has 0 aliphatic carbocycles. The van der Waals surface area contributed by atoms with Gasteiger partial charge in [-0.05, 0) is 50.0 Å². The Kier molecular flexibility index (Phi) is 13.1. The highest BCUT2D eigenvalue weighted by Gasteiger charge is 2.39. The van der Waals surface area contributed by atoms with Crippen LogP contribution in [0, 0.1) is 0 Å². The number of hydrogen-bond donors (Lipinski definition) is 1. The molecule has 0 bridgehead atoms. The van der Waals surface area contributed by atoms with Crippen molar-refractivity contribution in [1.82, 2.24) is 5.32 Å². The van der Waals surface area contributed by atoms with Crippen molar-refractivity contribution >= 4 is 14.4 Å². The van der Waals surface area contributed by atoms with E-state index < -0.39 is 20.0 Å². The molecule has 0 saturated heterocycles. The van der Waals surface area contributed by atoms with Gasteiger partial charge in [0.05, 0.1) is 51.8 Å². The maximum absolute atomic E-state index is 12.5. The van der Waals surface area contributed by atoms with Crippen molar-refractivity contribution in [2.75, 3.05) is 26.4 Å². The summed E-state index contributed by atoms with van der Waals surface area (Å²) in [6.07, 6.45) is -0.735. The molecule has 7 nitrogen and oxygen atoms in total. The zero-order valence-corrected chi connectivity index (χ0v) is 26.1. The molecular weight excluding hydrogens is 510 g/mol. The Balaban J connectivity index is 1.98. The Morgan fingerprint density at radius 1 is 0.744 bits per heavy atom. The van der Waals surface area contributed by atoms with Gasteiger partial charge in [-0.15, -0.1) is 0 Å². The second-order valence-corrected chi connectivity index (χ2v) is 17.1. The van der Waals surface area contributed by atoms with Crippen LogP contribution in [0.15, 0.2) is 60.7 Å². The smallest absolute Gasteiger partial charge is 0.408 e. The zero-order chi connectivity index (χ0) is 28.9. The van der Waals surface area contributed by atoms with Crippen molar-refractivity contribution in [3.05, 3.63) is 71.8 Å². The van der Waals surface area contributed by atoms with Crippen LogP contribution in [0.2, 0.25) is 18.1 Å². The van der Waals surface area contributed by atoms with E-state index in [4.69, 9.17) is 23.4 Å². The number of nitrogens with one attached hydrogen (secondary N) is 1. The lowest BCUT2D eigenvalue weighted by Crippen LogP contribution is -2.47.